The van der Waals surface area contributed by atoms with Crippen molar-refractivity contribution in [2.45, 2.75) is 39.7 Å². The summed E-state index contributed by atoms with van der Waals surface area (Å²) >= 11 is 0. The van der Waals surface area contributed by atoms with Gasteiger partial charge in [-0.1, -0.05) is 20.8 Å². The third-order valence-corrected chi connectivity index (χ3v) is 3.65. The van der Waals surface area contributed by atoms with Crippen molar-refractivity contribution < 1.29 is 4.79 Å². The number of hydrogen-bond acceptors (Lipinski definition) is 2. The normalized spacial score (nSPS) is 35.3. The molecule has 1 atom stereocenters. The minimum atomic E-state index is -0.258. The number of nitrogens with one attached hydrogen (secondary N) is 1. The Labute approximate surface area is 92.2 Å². The molecule has 1 amide bonds. The van der Waals surface area contributed by atoms with Crippen LogP contribution in [0.3, 0.4) is 0 Å². The summed E-state index contributed by atoms with van der Waals surface area (Å²) in [4.78, 5) is 14.3. The fourth-order valence-electron chi connectivity index (χ4n) is 2.51. The number of hydrogen-bond donors (Lipinski definition) is 1. The number of rotatable bonds is 1. The summed E-state index contributed by atoms with van der Waals surface area (Å²) in [6, 6.07) is 0.402. The molecule has 15 heavy (non-hydrogen) atoms. The zero-order valence-electron chi connectivity index (χ0n) is 10.0. The van der Waals surface area contributed by atoms with Crippen molar-refractivity contribution in [2.75, 3.05) is 19.6 Å². The summed E-state index contributed by atoms with van der Waals surface area (Å²) in [5, 5.41) is 3.21. The Bertz CT molecular complexity index is 249. The summed E-state index contributed by atoms with van der Waals surface area (Å²) in [5.41, 5.74) is -0.258. The van der Waals surface area contributed by atoms with Crippen molar-refractivity contribution in [3.63, 3.8) is 0 Å². The molecule has 86 valence electrons. The van der Waals surface area contributed by atoms with Crippen LogP contribution in [0, 0.1) is 11.3 Å². The number of fused-ring (bicyclic) bond motifs is 3. The van der Waals surface area contributed by atoms with E-state index in [-0.39, 0.29) is 11.3 Å². The number of nitrogens with zero attached hydrogens (tertiary/aromatic N) is 1. The van der Waals surface area contributed by atoms with E-state index < -0.39 is 0 Å². The van der Waals surface area contributed by atoms with Crippen LogP contribution in [0.25, 0.3) is 0 Å². The minimum absolute atomic E-state index is 0.196. The zero-order valence-corrected chi connectivity index (χ0v) is 10.0. The maximum atomic E-state index is 11.9. The van der Waals surface area contributed by atoms with E-state index in [9.17, 15) is 4.79 Å². The molecule has 1 unspecified atom stereocenters. The van der Waals surface area contributed by atoms with Crippen LogP contribution in [0.4, 0.5) is 0 Å². The Kier molecular flexibility index (Phi) is 2.75. The first-order valence-corrected chi connectivity index (χ1v) is 6.00. The van der Waals surface area contributed by atoms with Crippen LogP contribution in [-0.4, -0.2) is 36.5 Å². The van der Waals surface area contributed by atoms with Crippen molar-refractivity contribution in [1.29, 1.82) is 0 Å². The fourth-order valence-corrected chi connectivity index (χ4v) is 2.51. The highest BCUT2D eigenvalue weighted by molar-refractivity contribution is 5.81. The summed E-state index contributed by atoms with van der Waals surface area (Å²) in [7, 11) is 0. The molecule has 3 rings (SSSR count). The third kappa shape index (κ3) is 2.33. The SMILES string of the molecule is CC(C)(C)C(=O)NC1CN2CCC1CC2. The van der Waals surface area contributed by atoms with E-state index in [4.69, 9.17) is 0 Å². The van der Waals surface area contributed by atoms with Crippen LogP contribution in [-0.2, 0) is 4.79 Å². The van der Waals surface area contributed by atoms with E-state index in [1.165, 1.54) is 25.9 Å². The first-order chi connectivity index (χ1) is 6.97. The Morgan fingerprint density at radius 1 is 1.27 bits per heavy atom. The van der Waals surface area contributed by atoms with Crippen LogP contribution < -0.4 is 5.32 Å². The van der Waals surface area contributed by atoms with Crippen molar-refractivity contribution in [1.82, 2.24) is 10.2 Å². The van der Waals surface area contributed by atoms with Gasteiger partial charge in [0.1, 0.15) is 0 Å². The lowest BCUT2D eigenvalue weighted by molar-refractivity contribution is -0.130. The van der Waals surface area contributed by atoms with E-state index in [1.54, 1.807) is 0 Å². The molecule has 3 heteroatoms. The number of amides is 1. The molecule has 0 saturated carbocycles. The third-order valence-electron chi connectivity index (χ3n) is 3.65. The Morgan fingerprint density at radius 3 is 2.27 bits per heavy atom. The Balaban J connectivity index is 1.93. The highest BCUT2D eigenvalue weighted by Gasteiger charge is 2.36. The van der Waals surface area contributed by atoms with Crippen molar-refractivity contribution in [3.05, 3.63) is 0 Å². The van der Waals surface area contributed by atoms with Gasteiger partial charge in [-0.2, -0.15) is 0 Å². The molecule has 3 fully saturated rings. The smallest absolute Gasteiger partial charge is 0.225 e. The van der Waals surface area contributed by atoms with E-state index in [2.05, 4.69) is 10.2 Å². The first-order valence-electron chi connectivity index (χ1n) is 6.00. The average molecular weight is 210 g/mol. The quantitative estimate of drug-likeness (QED) is 0.706. The van der Waals surface area contributed by atoms with Crippen LogP contribution >= 0.6 is 0 Å². The van der Waals surface area contributed by atoms with Crippen LogP contribution in [0.1, 0.15) is 33.6 Å². The second-order valence-corrected chi connectivity index (χ2v) is 5.97. The molecule has 2 bridgehead atoms. The van der Waals surface area contributed by atoms with Gasteiger partial charge in [-0.05, 0) is 31.8 Å². The van der Waals surface area contributed by atoms with Gasteiger partial charge < -0.3 is 10.2 Å². The molecule has 3 aliphatic heterocycles. The van der Waals surface area contributed by atoms with E-state index in [0.29, 0.717) is 6.04 Å². The Morgan fingerprint density at radius 2 is 1.87 bits per heavy atom. The molecular weight excluding hydrogens is 188 g/mol. The molecule has 3 heterocycles. The molecule has 0 aromatic rings. The maximum Gasteiger partial charge on any atom is 0.225 e. The van der Waals surface area contributed by atoms with Gasteiger partial charge in [0.05, 0.1) is 0 Å². The molecule has 0 radical (unpaired) electrons. The molecule has 0 aromatic heterocycles. The largest absolute Gasteiger partial charge is 0.351 e. The predicted octanol–water partition coefficient (Wildman–Crippen LogP) is 1.24. The summed E-state index contributed by atoms with van der Waals surface area (Å²) in [6.45, 7) is 9.45. The number of carbonyl (C=O) groups excluding carboxylic acids is 1. The molecule has 0 aromatic carbocycles. The lowest BCUT2D eigenvalue weighted by atomic mass is 9.83. The number of carbonyl (C=O) groups is 1. The van der Waals surface area contributed by atoms with Gasteiger partial charge in [-0.25, -0.2) is 0 Å². The molecule has 3 saturated heterocycles. The van der Waals surface area contributed by atoms with Crippen molar-refractivity contribution >= 4 is 5.91 Å². The van der Waals surface area contributed by atoms with Gasteiger partial charge in [0.25, 0.3) is 0 Å². The van der Waals surface area contributed by atoms with Gasteiger partial charge in [-0.3, -0.25) is 4.79 Å². The van der Waals surface area contributed by atoms with Crippen LogP contribution in [0.15, 0.2) is 0 Å². The summed E-state index contributed by atoms with van der Waals surface area (Å²) in [6.07, 6.45) is 2.52. The zero-order chi connectivity index (χ0) is 11.1. The van der Waals surface area contributed by atoms with E-state index in [1.807, 2.05) is 20.8 Å². The van der Waals surface area contributed by atoms with Gasteiger partial charge >= 0.3 is 0 Å². The molecule has 0 aliphatic carbocycles. The van der Waals surface area contributed by atoms with Crippen molar-refractivity contribution in [2.24, 2.45) is 11.3 Å². The predicted molar refractivity (Wildman–Crippen MR) is 60.5 cm³/mol. The molecule has 3 aliphatic rings. The van der Waals surface area contributed by atoms with E-state index in [0.717, 1.165) is 12.5 Å². The minimum Gasteiger partial charge on any atom is -0.351 e. The monoisotopic (exact) mass is 210 g/mol. The summed E-state index contributed by atoms with van der Waals surface area (Å²) < 4.78 is 0. The second-order valence-electron chi connectivity index (χ2n) is 5.97. The fraction of sp³-hybridized carbons (Fsp3) is 0.917. The van der Waals surface area contributed by atoms with Crippen LogP contribution in [0.5, 0.6) is 0 Å². The Hall–Kier alpha value is -0.570. The van der Waals surface area contributed by atoms with Crippen LogP contribution in [0.2, 0.25) is 0 Å². The lowest BCUT2D eigenvalue weighted by Gasteiger charge is -2.45. The topological polar surface area (TPSA) is 32.3 Å². The number of piperidine rings is 3. The standard InChI is InChI=1S/C12H22N2O/c1-12(2,3)11(15)13-10-8-14-6-4-9(10)5-7-14/h9-10H,4-8H2,1-3H3,(H,13,15). The van der Waals surface area contributed by atoms with Gasteiger partial charge in [0.15, 0.2) is 0 Å². The summed E-state index contributed by atoms with van der Waals surface area (Å²) in [5.74, 6) is 0.919. The maximum absolute atomic E-state index is 11.9. The van der Waals surface area contributed by atoms with E-state index >= 15 is 0 Å². The van der Waals surface area contributed by atoms with Gasteiger partial charge in [0.2, 0.25) is 5.91 Å². The molecular formula is C12H22N2O. The van der Waals surface area contributed by atoms with Gasteiger partial charge in [0, 0.05) is 18.0 Å². The highest BCUT2D eigenvalue weighted by Crippen LogP contribution is 2.28. The molecule has 0 spiro atoms. The van der Waals surface area contributed by atoms with Crippen molar-refractivity contribution in [3.8, 4) is 0 Å². The molecule has 3 nitrogen and oxygen atoms in total. The molecule has 1 N–H and O–H groups in total. The second kappa shape index (κ2) is 3.78. The lowest BCUT2D eigenvalue weighted by Crippen LogP contribution is -2.58. The van der Waals surface area contributed by atoms with Gasteiger partial charge in [-0.15, -0.1) is 0 Å². The first kappa shape index (κ1) is 10.9. The highest BCUT2D eigenvalue weighted by atomic mass is 16.2. The average Bonchev–Trinajstić information content (AvgIpc) is 2.18.